The van der Waals surface area contributed by atoms with Gasteiger partial charge < -0.3 is 19.5 Å². The lowest BCUT2D eigenvalue weighted by atomic mass is 10.2. The molecule has 29 heavy (non-hydrogen) atoms. The average Bonchev–Trinajstić information content (AvgIpc) is 2.75. The van der Waals surface area contributed by atoms with Crippen molar-refractivity contribution in [3.63, 3.8) is 0 Å². The van der Waals surface area contributed by atoms with Crippen molar-refractivity contribution in [1.82, 2.24) is 5.32 Å². The van der Waals surface area contributed by atoms with Crippen LogP contribution in [0.15, 0.2) is 54.6 Å². The van der Waals surface area contributed by atoms with E-state index in [0.29, 0.717) is 37.7 Å². The molecule has 2 aromatic rings. The molecule has 0 spiro atoms. The highest BCUT2D eigenvalue weighted by molar-refractivity contribution is 5.91. The number of hydrogen-bond donors (Lipinski definition) is 1. The Morgan fingerprint density at radius 1 is 1.03 bits per heavy atom. The van der Waals surface area contributed by atoms with Gasteiger partial charge in [0.2, 0.25) is 5.91 Å². The van der Waals surface area contributed by atoms with Gasteiger partial charge >= 0.3 is 5.97 Å². The van der Waals surface area contributed by atoms with Crippen LogP contribution in [-0.4, -0.2) is 32.1 Å². The second-order valence-corrected chi connectivity index (χ2v) is 6.22. The molecule has 1 amide bonds. The number of carbonyl (C=O) groups is 2. The van der Waals surface area contributed by atoms with Crippen LogP contribution in [0.4, 0.5) is 0 Å². The molecule has 0 saturated carbocycles. The van der Waals surface area contributed by atoms with Crippen molar-refractivity contribution in [1.29, 1.82) is 0 Å². The molecule has 0 heterocycles. The lowest BCUT2D eigenvalue weighted by Gasteiger charge is -2.12. The Hall–Kier alpha value is -3.28. The molecule has 6 heteroatoms. The van der Waals surface area contributed by atoms with Crippen LogP contribution in [-0.2, 0) is 20.9 Å². The van der Waals surface area contributed by atoms with Crippen LogP contribution >= 0.6 is 0 Å². The minimum atomic E-state index is -0.284. The maximum Gasteiger partial charge on any atom is 0.305 e. The molecule has 154 valence electrons. The number of amides is 1. The largest absolute Gasteiger partial charge is 0.490 e. The first-order valence-electron chi connectivity index (χ1n) is 9.58. The lowest BCUT2D eigenvalue weighted by molar-refractivity contribution is -0.140. The van der Waals surface area contributed by atoms with Gasteiger partial charge in [-0.25, -0.2) is 0 Å². The minimum absolute atomic E-state index is 0.225. The summed E-state index contributed by atoms with van der Waals surface area (Å²) >= 11 is 0. The molecule has 1 N–H and O–H groups in total. The van der Waals surface area contributed by atoms with Gasteiger partial charge in [-0.3, -0.25) is 9.59 Å². The van der Waals surface area contributed by atoms with Gasteiger partial charge in [0.25, 0.3) is 0 Å². The molecule has 6 nitrogen and oxygen atoms in total. The molecule has 0 bridgehead atoms. The normalized spacial score (nSPS) is 10.6. The number of carbonyl (C=O) groups excluding carboxylic acids is 2. The van der Waals surface area contributed by atoms with Crippen molar-refractivity contribution < 1.29 is 23.8 Å². The predicted octanol–water partition coefficient (Wildman–Crippen LogP) is 3.75. The van der Waals surface area contributed by atoms with E-state index in [2.05, 4.69) is 10.1 Å². The molecule has 0 unspecified atom stereocenters. The third kappa shape index (κ3) is 8.09. The standard InChI is InChI=1S/C23H27NO5/c1-3-28-21-16-18(12-14-22(25)24-15-7-10-23(26)27-2)11-13-20(21)29-17-19-8-5-4-6-9-19/h4-6,8-9,11-14,16H,3,7,10,15,17H2,1-2H3,(H,24,25)/b14-12+. The average molecular weight is 397 g/mol. The molecule has 0 radical (unpaired) electrons. The van der Waals surface area contributed by atoms with E-state index in [9.17, 15) is 9.59 Å². The van der Waals surface area contributed by atoms with Gasteiger partial charge in [-0.2, -0.15) is 0 Å². The molecule has 0 saturated heterocycles. The predicted molar refractivity (Wildman–Crippen MR) is 112 cm³/mol. The Kier molecular flexibility index (Phi) is 9.29. The van der Waals surface area contributed by atoms with Crippen LogP contribution in [0.25, 0.3) is 6.08 Å². The van der Waals surface area contributed by atoms with Crippen LogP contribution in [0.2, 0.25) is 0 Å². The molecular formula is C23H27NO5. The first kappa shape index (κ1) is 22.0. The number of esters is 1. The first-order chi connectivity index (χ1) is 14.1. The Morgan fingerprint density at radius 3 is 2.55 bits per heavy atom. The van der Waals surface area contributed by atoms with Crippen LogP contribution in [0.5, 0.6) is 11.5 Å². The van der Waals surface area contributed by atoms with Gasteiger partial charge in [-0.15, -0.1) is 0 Å². The number of rotatable bonds is 11. The number of methoxy groups -OCH3 is 1. The second kappa shape index (κ2) is 12.2. The summed E-state index contributed by atoms with van der Waals surface area (Å²) in [6.45, 7) is 3.28. The smallest absolute Gasteiger partial charge is 0.305 e. The van der Waals surface area contributed by atoms with E-state index >= 15 is 0 Å². The van der Waals surface area contributed by atoms with Crippen LogP contribution in [0.3, 0.4) is 0 Å². The zero-order chi connectivity index (χ0) is 20.9. The van der Waals surface area contributed by atoms with E-state index in [1.807, 2.05) is 55.5 Å². The maximum absolute atomic E-state index is 11.9. The number of benzene rings is 2. The van der Waals surface area contributed by atoms with Crippen molar-refractivity contribution in [2.24, 2.45) is 0 Å². The number of hydrogen-bond acceptors (Lipinski definition) is 5. The van der Waals surface area contributed by atoms with Gasteiger partial charge in [-0.05, 0) is 42.7 Å². The Balaban J connectivity index is 1.91. The molecule has 0 aliphatic carbocycles. The summed E-state index contributed by atoms with van der Waals surface area (Å²) in [7, 11) is 1.35. The van der Waals surface area contributed by atoms with E-state index in [-0.39, 0.29) is 18.3 Å². The zero-order valence-corrected chi connectivity index (χ0v) is 16.9. The molecule has 0 aliphatic heterocycles. The van der Waals surface area contributed by atoms with E-state index in [4.69, 9.17) is 9.47 Å². The summed E-state index contributed by atoms with van der Waals surface area (Å²) in [6, 6.07) is 15.4. The van der Waals surface area contributed by atoms with E-state index in [1.54, 1.807) is 6.08 Å². The highest BCUT2D eigenvalue weighted by Crippen LogP contribution is 2.29. The van der Waals surface area contributed by atoms with Crippen molar-refractivity contribution >= 4 is 18.0 Å². The zero-order valence-electron chi connectivity index (χ0n) is 16.9. The summed E-state index contributed by atoms with van der Waals surface area (Å²) < 4.78 is 16.1. The third-order valence-corrected chi connectivity index (χ3v) is 4.02. The van der Waals surface area contributed by atoms with Crippen molar-refractivity contribution in [3.8, 4) is 11.5 Å². The van der Waals surface area contributed by atoms with Gasteiger partial charge in [0.1, 0.15) is 6.61 Å². The van der Waals surface area contributed by atoms with Crippen LogP contribution < -0.4 is 14.8 Å². The van der Waals surface area contributed by atoms with Gasteiger partial charge in [0.05, 0.1) is 13.7 Å². The second-order valence-electron chi connectivity index (χ2n) is 6.22. The summed E-state index contributed by atoms with van der Waals surface area (Å²) in [5.41, 5.74) is 1.90. The fourth-order valence-corrected chi connectivity index (χ4v) is 2.53. The topological polar surface area (TPSA) is 73.9 Å². The molecule has 2 rings (SSSR count). The number of nitrogens with one attached hydrogen (secondary N) is 1. The Labute approximate surface area is 171 Å². The maximum atomic E-state index is 11.9. The van der Waals surface area contributed by atoms with Crippen molar-refractivity contribution in [3.05, 3.63) is 65.7 Å². The fraction of sp³-hybridized carbons (Fsp3) is 0.304. The molecule has 0 aliphatic rings. The Morgan fingerprint density at radius 2 is 1.83 bits per heavy atom. The van der Waals surface area contributed by atoms with Crippen LogP contribution in [0, 0.1) is 0 Å². The molecular weight excluding hydrogens is 370 g/mol. The third-order valence-electron chi connectivity index (χ3n) is 4.02. The monoisotopic (exact) mass is 397 g/mol. The number of ether oxygens (including phenoxy) is 3. The lowest BCUT2D eigenvalue weighted by Crippen LogP contribution is -2.22. The van der Waals surface area contributed by atoms with Gasteiger partial charge in [0, 0.05) is 19.0 Å². The molecule has 0 fully saturated rings. The van der Waals surface area contributed by atoms with Gasteiger partial charge in [0.15, 0.2) is 11.5 Å². The Bertz CT molecular complexity index is 817. The summed E-state index contributed by atoms with van der Waals surface area (Å²) in [4.78, 5) is 22.9. The summed E-state index contributed by atoms with van der Waals surface area (Å²) in [5, 5.41) is 2.73. The van der Waals surface area contributed by atoms with E-state index in [0.717, 1.165) is 11.1 Å². The molecule has 0 aromatic heterocycles. The summed E-state index contributed by atoms with van der Waals surface area (Å²) in [6.07, 6.45) is 3.98. The highest BCUT2D eigenvalue weighted by atomic mass is 16.5. The fourth-order valence-electron chi connectivity index (χ4n) is 2.53. The van der Waals surface area contributed by atoms with Crippen molar-refractivity contribution in [2.75, 3.05) is 20.3 Å². The highest BCUT2D eigenvalue weighted by Gasteiger charge is 2.07. The van der Waals surface area contributed by atoms with E-state index in [1.165, 1.54) is 13.2 Å². The molecule has 2 aromatic carbocycles. The molecule has 0 atom stereocenters. The quantitative estimate of drug-likeness (QED) is 0.355. The first-order valence-corrected chi connectivity index (χ1v) is 9.58. The van der Waals surface area contributed by atoms with Gasteiger partial charge in [-0.1, -0.05) is 36.4 Å². The minimum Gasteiger partial charge on any atom is -0.490 e. The van der Waals surface area contributed by atoms with E-state index < -0.39 is 0 Å². The summed E-state index contributed by atoms with van der Waals surface area (Å²) in [5.74, 6) is 0.772. The van der Waals surface area contributed by atoms with Crippen LogP contribution in [0.1, 0.15) is 30.9 Å². The van der Waals surface area contributed by atoms with Crippen molar-refractivity contribution in [2.45, 2.75) is 26.4 Å². The SMILES string of the molecule is CCOc1cc(/C=C/C(=O)NCCCC(=O)OC)ccc1OCc1ccccc1.